The lowest BCUT2D eigenvalue weighted by molar-refractivity contribution is 0.242. The Balaban J connectivity index is 1.99. The van der Waals surface area contributed by atoms with Crippen LogP contribution in [-0.4, -0.2) is 10.1 Å². The van der Waals surface area contributed by atoms with Gasteiger partial charge in [0.25, 0.3) is 5.89 Å². The maximum Gasteiger partial charge on any atom is 0.264 e. The van der Waals surface area contributed by atoms with Gasteiger partial charge >= 0.3 is 0 Å². The third-order valence-electron chi connectivity index (χ3n) is 2.57. The zero-order valence-electron chi connectivity index (χ0n) is 10.6. The summed E-state index contributed by atoms with van der Waals surface area (Å²) in [5.74, 6) is 1.93. The Morgan fingerprint density at radius 2 is 2.28 bits per heavy atom. The van der Waals surface area contributed by atoms with Gasteiger partial charge in [0.1, 0.15) is 5.75 Å². The summed E-state index contributed by atoms with van der Waals surface area (Å²) in [6, 6.07) is 7.67. The number of benzene rings is 1. The Kier molecular flexibility index (Phi) is 3.94. The highest BCUT2D eigenvalue weighted by Crippen LogP contribution is 2.18. The van der Waals surface area contributed by atoms with Gasteiger partial charge in [-0.05, 0) is 24.6 Å². The Hall–Kier alpha value is -1.88. The van der Waals surface area contributed by atoms with Crippen LogP contribution in [0.3, 0.4) is 0 Å². The maximum absolute atomic E-state index is 5.81. The summed E-state index contributed by atoms with van der Waals surface area (Å²) < 4.78 is 10.6. The lowest BCUT2D eigenvalue weighted by Crippen LogP contribution is -2.05. The molecule has 0 fully saturated rings. The van der Waals surface area contributed by atoms with Crippen molar-refractivity contribution in [3.05, 3.63) is 41.5 Å². The van der Waals surface area contributed by atoms with E-state index < -0.39 is 0 Å². The molecule has 2 N–H and O–H groups in total. The summed E-state index contributed by atoms with van der Waals surface area (Å²) in [6.45, 7) is 4.18. The second-order valence-electron chi connectivity index (χ2n) is 4.11. The normalized spacial score (nSPS) is 12.4. The molecule has 1 heterocycles. The summed E-state index contributed by atoms with van der Waals surface area (Å²) in [4.78, 5) is 4.17. The number of aromatic nitrogens is 2. The molecule has 0 bridgehead atoms. The summed E-state index contributed by atoms with van der Waals surface area (Å²) in [6.07, 6.45) is 0.754. The van der Waals surface area contributed by atoms with Crippen LogP contribution in [-0.2, 0) is 13.0 Å². The first-order chi connectivity index (χ1) is 8.69. The Morgan fingerprint density at radius 1 is 1.44 bits per heavy atom. The smallest absolute Gasteiger partial charge is 0.264 e. The summed E-state index contributed by atoms with van der Waals surface area (Å²) in [5, 5.41) is 3.81. The number of nitrogens with two attached hydrogens (primary N) is 1. The van der Waals surface area contributed by atoms with E-state index in [1.54, 1.807) is 0 Å². The van der Waals surface area contributed by atoms with Crippen LogP contribution in [0.15, 0.2) is 28.8 Å². The van der Waals surface area contributed by atoms with Crippen molar-refractivity contribution in [2.45, 2.75) is 32.9 Å². The second kappa shape index (κ2) is 5.64. The summed E-state index contributed by atoms with van der Waals surface area (Å²) in [7, 11) is 0. The molecule has 2 aromatic rings. The van der Waals surface area contributed by atoms with E-state index in [0.717, 1.165) is 17.7 Å². The van der Waals surface area contributed by atoms with Gasteiger partial charge in [0.2, 0.25) is 0 Å². The lowest BCUT2D eigenvalue weighted by atomic mass is 10.1. The van der Waals surface area contributed by atoms with Crippen molar-refractivity contribution >= 4 is 0 Å². The summed E-state index contributed by atoms with van der Waals surface area (Å²) >= 11 is 0. The molecule has 2 rings (SSSR count). The zero-order chi connectivity index (χ0) is 13.0. The van der Waals surface area contributed by atoms with E-state index in [1.165, 1.54) is 0 Å². The molecule has 0 aliphatic carbocycles. The van der Waals surface area contributed by atoms with E-state index in [9.17, 15) is 0 Å². The number of rotatable bonds is 5. The third-order valence-corrected chi connectivity index (χ3v) is 2.57. The molecule has 0 aliphatic heterocycles. The molecule has 0 saturated carbocycles. The standard InChI is InChI=1S/C13H17N3O2/c1-3-12-15-13(18-16-12)8-17-11-6-4-5-10(7-11)9(2)14/h4-7,9H,3,8,14H2,1-2H3. The molecule has 0 aliphatic rings. The topological polar surface area (TPSA) is 74.2 Å². The van der Waals surface area contributed by atoms with Crippen molar-refractivity contribution in [1.29, 1.82) is 0 Å². The number of aryl methyl sites for hydroxylation is 1. The van der Waals surface area contributed by atoms with Crippen LogP contribution in [0.4, 0.5) is 0 Å². The van der Waals surface area contributed by atoms with Crippen LogP contribution in [0.25, 0.3) is 0 Å². The van der Waals surface area contributed by atoms with Crippen molar-refractivity contribution in [3.8, 4) is 5.75 Å². The Bertz CT molecular complexity index is 508. The van der Waals surface area contributed by atoms with Gasteiger partial charge in [-0.15, -0.1) is 0 Å². The van der Waals surface area contributed by atoms with Gasteiger partial charge < -0.3 is 15.0 Å². The van der Waals surface area contributed by atoms with Crippen molar-refractivity contribution < 1.29 is 9.26 Å². The highest BCUT2D eigenvalue weighted by molar-refractivity contribution is 5.30. The van der Waals surface area contributed by atoms with Crippen LogP contribution in [0.5, 0.6) is 5.75 Å². The zero-order valence-corrected chi connectivity index (χ0v) is 10.6. The van der Waals surface area contributed by atoms with Gasteiger partial charge in [0, 0.05) is 12.5 Å². The van der Waals surface area contributed by atoms with E-state index in [4.69, 9.17) is 15.0 Å². The monoisotopic (exact) mass is 247 g/mol. The molecule has 0 radical (unpaired) electrons. The molecular formula is C13H17N3O2. The van der Waals surface area contributed by atoms with Crippen molar-refractivity contribution in [3.63, 3.8) is 0 Å². The molecule has 18 heavy (non-hydrogen) atoms. The minimum Gasteiger partial charge on any atom is -0.484 e. The first-order valence-corrected chi connectivity index (χ1v) is 5.99. The van der Waals surface area contributed by atoms with Crippen LogP contribution >= 0.6 is 0 Å². The number of hydrogen-bond acceptors (Lipinski definition) is 5. The fourth-order valence-electron chi connectivity index (χ4n) is 1.53. The second-order valence-corrected chi connectivity index (χ2v) is 4.11. The highest BCUT2D eigenvalue weighted by Gasteiger charge is 2.06. The number of hydrogen-bond donors (Lipinski definition) is 1. The lowest BCUT2D eigenvalue weighted by Gasteiger charge is -2.08. The van der Waals surface area contributed by atoms with Crippen LogP contribution < -0.4 is 10.5 Å². The SMILES string of the molecule is CCc1noc(COc2cccc(C(C)N)c2)n1. The maximum atomic E-state index is 5.81. The highest BCUT2D eigenvalue weighted by atomic mass is 16.5. The van der Waals surface area contributed by atoms with Crippen LogP contribution in [0.1, 0.15) is 37.2 Å². The van der Waals surface area contributed by atoms with Crippen molar-refractivity contribution in [1.82, 2.24) is 10.1 Å². The summed E-state index contributed by atoms with van der Waals surface area (Å²) in [5.41, 5.74) is 6.85. The van der Waals surface area contributed by atoms with Gasteiger partial charge in [-0.3, -0.25) is 0 Å². The minimum absolute atomic E-state index is 0.0105. The van der Waals surface area contributed by atoms with Gasteiger partial charge in [-0.1, -0.05) is 24.2 Å². The number of ether oxygens (including phenoxy) is 1. The molecule has 1 atom stereocenters. The molecule has 1 aromatic carbocycles. The largest absolute Gasteiger partial charge is 0.484 e. The Labute approximate surface area is 106 Å². The number of nitrogens with zero attached hydrogens (tertiary/aromatic N) is 2. The molecule has 96 valence electrons. The first kappa shape index (κ1) is 12.6. The molecule has 1 unspecified atom stereocenters. The van der Waals surface area contributed by atoms with E-state index in [0.29, 0.717) is 11.7 Å². The fraction of sp³-hybridized carbons (Fsp3) is 0.385. The average Bonchev–Trinajstić information content (AvgIpc) is 2.84. The molecule has 1 aromatic heterocycles. The van der Waals surface area contributed by atoms with Crippen LogP contribution in [0.2, 0.25) is 0 Å². The van der Waals surface area contributed by atoms with E-state index in [1.807, 2.05) is 38.1 Å². The van der Waals surface area contributed by atoms with E-state index in [2.05, 4.69) is 10.1 Å². The van der Waals surface area contributed by atoms with Gasteiger partial charge in [-0.2, -0.15) is 4.98 Å². The molecule has 0 spiro atoms. The fourth-order valence-corrected chi connectivity index (χ4v) is 1.53. The van der Waals surface area contributed by atoms with Crippen molar-refractivity contribution in [2.75, 3.05) is 0 Å². The molecule has 5 heteroatoms. The van der Waals surface area contributed by atoms with Gasteiger partial charge in [0.05, 0.1) is 0 Å². The quantitative estimate of drug-likeness (QED) is 0.877. The predicted molar refractivity (Wildman–Crippen MR) is 67.1 cm³/mol. The van der Waals surface area contributed by atoms with Crippen molar-refractivity contribution in [2.24, 2.45) is 5.73 Å². The van der Waals surface area contributed by atoms with Gasteiger partial charge in [0.15, 0.2) is 12.4 Å². The molecule has 0 saturated heterocycles. The van der Waals surface area contributed by atoms with E-state index >= 15 is 0 Å². The molecular weight excluding hydrogens is 230 g/mol. The van der Waals surface area contributed by atoms with Gasteiger partial charge in [-0.25, -0.2) is 0 Å². The van der Waals surface area contributed by atoms with Crippen LogP contribution in [0, 0.1) is 0 Å². The average molecular weight is 247 g/mol. The molecule has 0 amide bonds. The first-order valence-electron chi connectivity index (χ1n) is 5.99. The third kappa shape index (κ3) is 3.07. The minimum atomic E-state index is -0.0105. The molecule has 5 nitrogen and oxygen atoms in total. The van der Waals surface area contributed by atoms with E-state index in [-0.39, 0.29) is 12.6 Å². The predicted octanol–water partition coefficient (Wildman–Crippen LogP) is 2.23. The Morgan fingerprint density at radius 3 is 2.94 bits per heavy atom.